The molecule has 3 aromatic rings. The monoisotopic (exact) mass is 572 g/mol. The Balaban J connectivity index is 0.00000408. The van der Waals surface area contributed by atoms with Crippen LogP contribution >= 0.6 is 24.0 Å². The minimum atomic E-state index is -0.128. The molecule has 180 valence electrons. The third-order valence-corrected chi connectivity index (χ3v) is 5.20. The number of likely N-dealkylation sites (N-methyl/N-ethyl adjacent to an activating group) is 1. The fraction of sp³-hybridized carbons (Fsp3) is 0.259. The fourth-order valence-corrected chi connectivity index (χ4v) is 3.55. The Morgan fingerprint density at radius 3 is 2.12 bits per heavy atom. The molecule has 0 heterocycles. The number of guanidine groups is 1. The molecule has 6 nitrogen and oxygen atoms in total. The molecule has 7 heteroatoms. The highest BCUT2D eigenvalue weighted by molar-refractivity contribution is 14.0. The second-order valence-corrected chi connectivity index (χ2v) is 7.57. The number of aliphatic imine (C=N–C) groups is 1. The first-order valence-corrected chi connectivity index (χ1v) is 11.2. The molecule has 0 aromatic heterocycles. The van der Waals surface area contributed by atoms with Gasteiger partial charge in [-0.25, -0.2) is 0 Å². The van der Waals surface area contributed by atoms with Gasteiger partial charge in [0, 0.05) is 32.6 Å². The molecule has 0 aliphatic rings. The molecular weight excluding hydrogens is 539 g/mol. The second-order valence-electron chi connectivity index (χ2n) is 7.57. The van der Waals surface area contributed by atoms with Gasteiger partial charge in [0.25, 0.3) is 5.91 Å². The van der Waals surface area contributed by atoms with Crippen molar-refractivity contribution in [1.29, 1.82) is 0 Å². The van der Waals surface area contributed by atoms with Gasteiger partial charge in [-0.15, -0.1) is 24.0 Å². The van der Waals surface area contributed by atoms with Crippen molar-refractivity contribution >= 4 is 35.8 Å². The van der Waals surface area contributed by atoms with E-state index in [1.54, 1.807) is 7.05 Å². The average molecular weight is 572 g/mol. The van der Waals surface area contributed by atoms with E-state index >= 15 is 0 Å². The standard InChI is InChI=1S/C27H32N4O2.HI/c1-3-29-26(32)20-33-24-16-10-11-21(17-24)18-30-27(28-2)31-19-25(22-12-6-4-7-13-22)23-14-8-5-9-15-23;/h4-17,25H,3,18-20H2,1-2H3,(H,29,32)(H2,28,30,31);1H. The van der Waals surface area contributed by atoms with Crippen LogP contribution in [0.1, 0.15) is 29.5 Å². The Kier molecular flexibility index (Phi) is 12.0. The lowest BCUT2D eigenvalue weighted by molar-refractivity contribution is -0.122. The number of amides is 1. The van der Waals surface area contributed by atoms with Gasteiger partial charge in [0.15, 0.2) is 12.6 Å². The van der Waals surface area contributed by atoms with Gasteiger partial charge in [0.05, 0.1) is 0 Å². The molecule has 0 fully saturated rings. The van der Waals surface area contributed by atoms with Crippen molar-refractivity contribution in [2.45, 2.75) is 19.4 Å². The van der Waals surface area contributed by atoms with Crippen molar-refractivity contribution in [2.75, 3.05) is 26.7 Å². The van der Waals surface area contributed by atoms with Crippen molar-refractivity contribution in [3.05, 3.63) is 102 Å². The smallest absolute Gasteiger partial charge is 0.257 e. The summed E-state index contributed by atoms with van der Waals surface area (Å²) in [4.78, 5) is 16.0. The molecule has 34 heavy (non-hydrogen) atoms. The maximum Gasteiger partial charge on any atom is 0.257 e. The number of carbonyl (C=O) groups is 1. The predicted octanol–water partition coefficient (Wildman–Crippen LogP) is 4.32. The first-order chi connectivity index (χ1) is 16.2. The lowest BCUT2D eigenvalue weighted by Crippen LogP contribution is -2.39. The molecule has 0 saturated carbocycles. The Morgan fingerprint density at radius 1 is 0.882 bits per heavy atom. The van der Waals surface area contributed by atoms with Gasteiger partial charge in [-0.2, -0.15) is 0 Å². The Morgan fingerprint density at radius 2 is 1.53 bits per heavy atom. The van der Waals surface area contributed by atoms with Crippen molar-refractivity contribution in [2.24, 2.45) is 4.99 Å². The molecule has 0 aliphatic carbocycles. The van der Waals surface area contributed by atoms with Gasteiger partial charge >= 0.3 is 0 Å². The Hall–Kier alpha value is -3.07. The first kappa shape index (κ1) is 27.2. The summed E-state index contributed by atoms with van der Waals surface area (Å²) in [5, 5.41) is 9.55. The number of hydrogen-bond donors (Lipinski definition) is 3. The summed E-state index contributed by atoms with van der Waals surface area (Å²) >= 11 is 0. The van der Waals surface area contributed by atoms with Crippen LogP contribution in [-0.2, 0) is 11.3 Å². The lowest BCUT2D eigenvalue weighted by atomic mass is 9.91. The van der Waals surface area contributed by atoms with E-state index in [9.17, 15) is 4.79 Å². The summed E-state index contributed by atoms with van der Waals surface area (Å²) in [5.74, 6) is 1.46. The van der Waals surface area contributed by atoms with Crippen molar-refractivity contribution < 1.29 is 9.53 Å². The summed E-state index contributed by atoms with van der Waals surface area (Å²) in [7, 11) is 1.77. The number of nitrogens with zero attached hydrogens (tertiary/aromatic N) is 1. The minimum Gasteiger partial charge on any atom is -0.484 e. The van der Waals surface area contributed by atoms with Crippen LogP contribution in [0.4, 0.5) is 0 Å². The summed E-state index contributed by atoms with van der Waals surface area (Å²) in [6, 6.07) is 28.7. The van der Waals surface area contributed by atoms with Gasteiger partial charge in [0.1, 0.15) is 5.75 Å². The van der Waals surface area contributed by atoms with Gasteiger partial charge in [-0.05, 0) is 35.7 Å². The van der Waals surface area contributed by atoms with Crippen LogP contribution in [0.15, 0.2) is 89.9 Å². The molecule has 3 rings (SSSR count). The Labute approximate surface area is 219 Å². The van der Waals surface area contributed by atoms with Crippen LogP contribution in [0.5, 0.6) is 5.75 Å². The summed E-state index contributed by atoms with van der Waals surface area (Å²) in [5.41, 5.74) is 3.54. The average Bonchev–Trinajstić information content (AvgIpc) is 2.86. The SMILES string of the molecule is CCNC(=O)COc1cccc(CNC(=NC)NCC(c2ccccc2)c2ccccc2)c1.I. The number of halogens is 1. The van der Waals surface area contributed by atoms with E-state index in [-0.39, 0.29) is 42.4 Å². The van der Waals surface area contributed by atoms with E-state index in [0.717, 1.165) is 11.5 Å². The zero-order valence-corrected chi connectivity index (χ0v) is 22.0. The molecule has 3 aromatic carbocycles. The van der Waals surface area contributed by atoms with Gasteiger partial charge in [-0.3, -0.25) is 9.79 Å². The van der Waals surface area contributed by atoms with Crippen LogP contribution in [0, 0.1) is 0 Å². The van der Waals surface area contributed by atoms with E-state index in [2.05, 4.69) is 69.5 Å². The predicted molar refractivity (Wildman–Crippen MR) is 149 cm³/mol. The molecule has 0 atom stereocenters. The molecule has 0 spiro atoms. The maximum absolute atomic E-state index is 11.6. The number of hydrogen-bond acceptors (Lipinski definition) is 3. The first-order valence-electron chi connectivity index (χ1n) is 11.2. The zero-order chi connectivity index (χ0) is 23.3. The van der Waals surface area contributed by atoms with Gasteiger partial charge < -0.3 is 20.7 Å². The minimum absolute atomic E-state index is 0. The molecule has 0 bridgehead atoms. The quantitative estimate of drug-likeness (QED) is 0.192. The summed E-state index contributed by atoms with van der Waals surface area (Å²) in [6.07, 6.45) is 0. The number of carbonyl (C=O) groups excluding carboxylic acids is 1. The number of ether oxygens (including phenoxy) is 1. The second kappa shape index (κ2) is 15.0. The normalized spacial score (nSPS) is 10.9. The summed E-state index contributed by atoms with van der Waals surface area (Å²) in [6.45, 7) is 3.78. The van der Waals surface area contributed by atoms with Crippen LogP contribution in [0.2, 0.25) is 0 Å². The van der Waals surface area contributed by atoms with Crippen LogP contribution in [-0.4, -0.2) is 38.6 Å². The molecule has 0 radical (unpaired) electrons. The Bertz CT molecular complexity index is 990. The summed E-state index contributed by atoms with van der Waals surface area (Å²) < 4.78 is 5.59. The van der Waals surface area contributed by atoms with Crippen LogP contribution in [0.3, 0.4) is 0 Å². The molecule has 0 saturated heterocycles. The topological polar surface area (TPSA) is 74.8 Å². The third kappa shape index (κ3) is 8.70. The fourth-order valence-electron chi connectivity index (χ4n) is 3.55. The molecule has 0 unspecified atom stereocenters. The molecule has 1 amide bonds. The van der Waals surface area contributed by atoms with Crippen molar-refractivity contribution in [3.8, 4) is 5.75 Å². The highest BCUT2D eigenvalue weighted by Crippen LogP contribution is 2.23. The van der Waals surface area contributed by atoms with Crippen LogP contribution < -0.4 is 20.7 Å². The van der Waals surface area contributed by atoms with E-state index in [1.807, 2.05) is 43.3 Å². The molecule has 3 N–H and O–H groups in total. The largest absolute Gasteiger partial charge is 0.484 e. The highest BCUT2D eigenvalue weighted by Gasteiger charge is 2.14. The molecule has 0 aliphatic heterocycles. The van der Waals surface area contributed by atoms with Crippen molar-refractivity contribution in [1.82, 2.24) is 16.0 Å². The third-order valence-electron chi connectivity index (χ3n) is 5.20. The zero-order valence-electron chi connectivity index (χ0n) is 19.7. The number of rotatable bonds is 10. The van der Waals surface area contributed by atoms with Gasteiger partial charge in [-0.1, -0.05) is 72.8 Å². The maximum atomic E-state index is 11.6. The molecular formula is C27H33IN4O2. The van der Waals surface area contributed by atoms with E-state index in [4.69, 9.17) is 4.74 Å². The van der Waals surface area contributed by atoms with Gasteiger partial charge in [0.2, 0.25) is 0 Å². The van der Waals surface area contributed by atoms with Crippen LogP contribution in [0.25, 0.3) is 0 Å². The lowest BCUT2D eigenvalue weighted by Gasteiger charge is -2.20. The number of nitrogens with one attached hydrogen (secondary N) is 3. The highest BCUT2D eigenvalue weighted by atomic mass is 127. The van der Waals surface area contributed by atoms with E-state index in [0.29, 0.717) is 25.4 Å². The number of benzene rings is 3. The van der Waals surface area contributed by atoms with E-state index in [1.165, 1.54) is 11.1 Å². The van der Waals surface area contributed by atoms with E-state index < -0.39 is 0 Å². The van der Waals surface area contributed by atoms with Crippen molar-refractivity contribution in [3.63, 3.8) is 0 Å².